The van der Waals surface area contributed by atoms with Gasteiger partial charge < -0.3 is 15.3 Å². The van der Waals surface area contributed by atoms with Crippen molar-refractivity contribution in [2.75, 3.05) is 18.9 Å². The molecule has 0 radical (unpaired) electrons. The number of carbonyl (C=O) groups excluding carboxylic acids is 1. The Morgan fingerprint density at radius 1 is 1.56 bits per heavy atom. The van der Waals surface area contributed by atoms with Crippen LogP contribution in [0.3, 0.4) is 0 Å². The average Bonchev–Trinajstić information content (AvgIpc) is 2.74. The molecule has 1 heterocycles. The van der Waals surface area contributed by atoms with E-state index in [0.29, 0.717) is 18.7 Å². The van der Waals surface area contributed by atoms with Gasteiger partial charge in [-0.15, -0.1) is 0 Å². The van der Waals surface area contributed by atoms with Crippen LogP contribution in [0, 0.1) is 0 Å². The summed E-state index contributed by atoms with van der Waals surface area (Å²) in [6.45, 7) is 6.26. The summed E-state index contributed by atoms with van der Waals surface area (Å²) in [7, 11) is 1.70. The lowest BCUT2D eigenvalue weighted by atomic mass is 10.3. The van der Waals surface area contributed by atoms with Crippen molar-refractivity contribution in [2.24, 2.45) is 0 Å². The second-order valence-electron chi connectivity index (χ2n) is 4.79. The molecule has 1 atom stereocenters. The number of urea groups is 1. The number of carbonyl (C=O) groups is 1. The molecule has 2 amide bonds. The van der Waals surface area contributed by atoms with Crippen LogP contribution >= 0.6 is 0 Å². The predicted molar refractivity (Wildman–Crippen MR) is 70.6 cm³/mol. The third kappa shape index (κ3) is 4.37. The van der Waals surface area contributed by atoms with Gasteiger partial charge in [0.05, 0.1) is 18.0 Å². The Bertz CT molecular complexity index is 387. The molecule has 0 aliphatic rings. The number of aromatic nitrogens is 2. The van der Waals surface area contributed by atoms with E-state index in [1.165, 1.54) is 0 Å². The Balaban J connectivity index is 2.47. The number of anilines is 1. The van der Waals surface area contributed by atoms with E-state index < -0.39 is 6.10 Å². The van der Waals surface area contributed by atoms with Crippen LogP contribution in [0.25, 0.3) is 0 Å². The second-order valence-corrected chi connectivity index (χ2v) is 4.79. The van der Waals surface area contributed by atoms with Crippen molar-refractivity contribution in [3.8, 4) is 0 Å². The van der Waals surface area contributed by atoms with Gasteiger partial charge in [-0.2, -0.15) is 5.10 Å². The van der Waals surface area contributed by atoms with Gasteiger partial charge in [-0.1, -0.05) is 0 Å². The minimum absolute atomic E-state index is 0.195. The van der Waals surface area contributed by atoms with Crippen LogP contribution in [-0.2, 0) is 0 Å². The molecule has 0 spiro atoms. The summed E-state index contributed by atoms with van der Waals surface area (Å²) in [5.74, 6) is 0. The fourth-order valence-corrected chi connectivity index (χ4v) is 1.39. The summed E-state index contributed by atoms with van der Waals surface area (Å²) < 4.78 is 1.78. The van der Waals surface area contributed by atoms with Crippen LogP contribution in [0.1, 0.15) is 33.2 Å². The lowest BCUT2D eigenvalue weighted by molar-refractivity contribution is 0.167. The Labute approximate surface area is 108 Å². The van der Waals surface area contributed by atoms with Gasteiger partial charge in [0.2, 0.25) is 0 Å². The van der Waals surface area contributed by atoms with Crippen LogP contribution in [-0.4, -0.2) is 45.5 Å². The number of aliphatic hydroxyl groups is 1. The first-order valence-corrected chi connectivity index (χ1v) is 6.14. The molecule has 0 saturated carbocycles. The molecular weight excluding hydrogens is 232 g/mol. The minimum atomic E-state index is -0.399. The molecule has 102 valence electrons. The number of rotatable bonds is 5. The zero-order chi connectivity index (χ0) is 13.7. The maximum Gasteiger partial charge on any atom is 0.321 e. The molecule has 2 N–H and O–H groups in total. The highest BCUT2D eigenvalue weighted by molar-refractivity contribution is 5.88. The van der Waals surface area contributed by atoms with Gasteiger partial charge >= 0.3 is 6.03 Å². The van der Waals surface area contributed by atoms with E-state index in [2.05, 4.69) is 10.4 Å². The maximum atomic E-state index is 11.8. The summed E-state index contributed by atoms with van der Waals surface area (Å²) in [6, 6.07) is 0.0718. The number of hydrogen-bond donors (Lipinski definition) is 2. The first-order chi connectivity index (χ1) is 8.40. The molecule has 0 aromatic carbocycles. The number of nitrogens with zero attached hydrogens (tertiary/aromatic N) is 3. The number of hydrogen-bond acceptors (Lipinski definition) is 3. The minimum Gasteiger partial charge on any atom is -0.393 e. The van der Waals surface area contributed by atoms with E-state index in [9.17, 15) is 4.79 Å². The zero-order valence-corrected chi connectivity index (χ0v) is 11.4. The molecule has 0 aliphatic carbocycles. The van der Waals surface area contributed by atoms with E-state index >= 15 is 0 Å². The molecule has 1 rings (SSSR count). The SMILES string of the molecule is CC(O)CCN(C)C(=O)Nc1cnn(C(C)C)c1. The average molecular weight is 254 g/mol. The lowest BCUT2D eigenvalue weighted by Crippen LogP contribution is -2.33. The van der Waals surface area contributed by atoms with Gasteiger partial charge in [0.1, 0.15) is 0 Å². The Morgan fingerprint density at radius 3 is 2.72 bits per heavy atom. The third-order valence-electron chi connectivity index (χ3n) is 2.61. The third-order valence-corrected chi connectivity index (χ3v) is 2.61. The van der Waals surface area contributed by atoms with Gasteiger partial charge in [0.25, 0.3) is 0 Å². The van der Waals surface area contributed by atoms with Crippen LogP contribution < -0.4 is 5.32 Å². The Morgan fingerprint density at radius 2 is 2.22 bits per heavy atom. The quantitative estimate of drug-likeness (QED) is 0.840. The normalized spacial score (nSPS) is 12.6. The van der Waals surface area contributed by atoms with Crippen molar-refractivity contribution in [2.45, 2.75) is 39.3 Å². The fourth-order valence-electron chi connectivity index (χ4n) is 1.39. The molecule has 0 saturated heterocycles. The van der Waals surface area contributed by atoms with Crippen LogP contribution in [0.5, 0.6) is 0 Å². The van der Waals surface area contributed by atoms with E-state index in [-0.39, 0.29) is 12.1 Å². The van der Waals surface area contributed by atoms with E-state index in [1.54, 1.807) is 35.9 Å². The summed E-state index contributed by atoms with van der Waals surface area (Å²) >= 11 is 0. The number of amides is 2. The molecule has 1 aromatic rings. The van der Waals surface area contributed by atoms with Crippen molar-refractivity contribution < 1.29 is 9.90 Å². The zero-order valence-electron chi connectivity index (χ0n) is 11.4. The summed E-state index contributed by atoms with van der Waals surface area (Å²) in [4.78, 5) is 13.3. The molecule has 0 fully saturated rings. The monoisotopic (exact) mass is 254 g/mol. The van der Waals surface area contributed by atoms with Crippen molar-refractivity contribution >= 4 is 11.7 Å². The largest absolute Gasteiger partial charge is 0.393 e. The first-order valence-electron chi connectivity index (χ1n) is 6.14. The predicted octanol–water partition coefficient (Wildman–Crippen LogP) is 1.70. The molecule has 6 nitrogen and oxygen atoms in total. The smallest absolute Gasteiger partial charge is 0.321 e. The molecule has 6 heteroatoms. The van der Waals surface area contributed by atoms with Gasteiger partial charge in [-0.25, -0.2) is 4.79 Å². The van der Waals surface area contributed by atoms with Gasteiger partial charge in [-0.3, -0.25) is 4.68 Å². The summed E-state index contributed by atoms with van der Waals surface area (Å²) in [6.07, 6.45) is 3.59. The molecule has 1 unspecified atom stereocenters. The highest BCUT2D eigenvalue weighted by atomic mass is 16.3. The Hall–Kier alpha value is -1.56. The van der Waals surface area contributed by atoms with Crippen LogP contribution in [0.15, 0.2) is 12.4 Å². The Kier molecular flexibility index (Phi) is 5.15. The molecule has 18 heavy (non-hydrogen) atoms. The highest BCUT2D eigenvalue weighted by Crippen LogP contribution is 2.10. The van der Waals surface area contributed by atoms with Crippen LogP contribution in [0.4, 0.5) is 10.5 Å². The lowest BCUT2D eigenvalue weighted by Gasteiger charge is -2.18. The first kappa shape index (κ1) is 14.5. The molecular formula is C12H22N4O2. The van der Waals surface area contributed by atoms with E-state index in [4.69, 9.17) is 5.11 Å². The van der Waals surface area contributed by atoms with Crippen LogP contribution in [0.2, 0.25) is 0 Å². The van der Waals surface area contributed by atoms with Gasteiger partial charge in [0.15, 0.2) is 0 Å². The van der Waals surface area contributed by atoms with E-state index in [0.717, 1.165) is 0 Å². The van der Waals surface area contributed by atoms with Crippen molar-refractivity contribution in [3.63, 3.8) is 0 Å². The summed E-state index contributed by atoms with van der Waals surface area (Å²) in [5, 5.41) is 16.1. The second kappa shape index (κ2) is 6.39. The molecule has 0 bridgehead atoms. The van der Waals surface area contributed by atoms with Crippen molar-refractivity contribution in [1.29, 1.82) is 0 Å². The maximum absolute atomic E-state index is 11.8. The molecule has 1 aromatic heterocycles. The summed E-state index contributed by atoms with van der Waals surface area (Å²) in [5.41, 5.74) is 0.678. The standard InChI is InChI=1S/C12H22N4O2/c1-9(2)16-8-11(7-13-16)14-12(18)15(4)6-5-10(3)17/h7-10,17H,5-6H2,1-4H3,(H,14,18). The van der Waals surface area contributed by atoms with Crippen molar-refractivity contribution in [3.05, 3.63) is 12.4 Å². The van der Waals surface area contributed by atoms with Gasteiger partial charge in [0, 0.05) is 25.8 Å². The highest BCUT2D eigenvalue weighted by Gasteiger charge is 2.11. The van der Waals surface area contributed by atoms with E-state index in [1.807, 2.05) is 13.8 Å². The fraction of sp³-hybridized carbons (Fsp3) is 0.667. The number of aliphatic hydroxyl groups excluding tert-OH is 1. The molecule has 0 aliphatic heterocycles. The topological polar surface area (TPSA) is 70.4 Å². The van der Waals surface area contributed by atoms with Gasteiger partial charge in [-0.05, 0) is 27.2 Å². The van der Waals surface area contributed by atoms with Crippen molar-refractivity contribution in [1.82, 2.24) is 14.7 Å². The number of nitrogens with one attached hydrogen (secondary N) is 1.